The second-order valence-electron chi connectivity index (χ2n) is 8.91. The number of hydrogen-bond acceptors (Lipinski definition) is 5. The van der Waals surface area contributed by atoms with Crippen molar-refractivity contribution in [2.75, 3.05) is 12.0 Å². The molecule has 0 saturated carbocycles. The minimum absolute atomic E-state index is 0.139. The number of ketones is 1. The Bertz CT molecular complexity index is 1480. The molecule has 7 heteroatoms. The highest BCUT2D eigenvalue weighted by Gasteiger charge is 2.42. The van der Waals surface area contributed by atoms with Crippen LogP contribution in [0.1, 0.15) is 27.5 Å². The number of para-hydroxylation sites is 1. The molecule has 0 N–H and O–H groups in total. The van der Waals surface area contributed by atoms with Crippen LogP contribution >= 0.6 is 11.8 Å². The van der Waals surface area contributed by atoms with Crippen LogP contribution in [0, 0.1) is 5.82 Å². The van der Waals surface area contributed by atoms with Crippen LogP contribution in [0.2, 0.25) is 0 Å². The summed E-state index contributed by atoms with van der Waals surface area (Å²) >= 11 is 1.15. The first-order valence-electron chi connectivity index (χ1n) is 12.4. The first-order chi connectivity index (χ1) is 19.0. The molecule has 5 rings (SSSR count). The van der Waals surface area contributed by atoms with Crippen LogP contribution in [0.4, 0.5) is 14.9 Å². The smallest absolute Gasteiger partial charge is 0.287 e. The van der Waals surface area contributed by atoms with Gasteiger partial charge in [0, 0.05) is 22.9 Å². The molecule has 0 unspecified atom stereocenters. The lowest BCUT2D eigenvalue weighted by Crippen LogP contribution is -2.29. The molecule has 1 heterocycles. The summed E-state index contributed by atoms with van der Waals surface area (Å²) in [5, 5.41) is -0.533. The van der Waals surface area contributed by atoms with Gasteiger partial charge in [0.2, 0.25) is 0 Å². The van der Waals surface area contributed by atoms with E-state index in [0.717, 1.165) is 28.6 Å². The number of thioether (sulfide) groups is 1. The molecule has 1 aliphatic heterocycles. The lowest BCUT2D eigenvalue weighted by atomic mass is 9.98. The molecule has 1 aliphatic rings. The number of halogens is 1. The van der Waals surface area contributed by atoms with Crippen molar-refractivity contribution in [2.24, 2.45) is 0 Å². The van der Waals surface area contributed by atoms with Gasteiger partial charge in [0.15, 0.2) is 5.78 Å². The van der Waals surface area contributed by atoms with Gasteiger partial charge < -0.3 is 9.47 Å². The summed E-state index contributed by atoms with van der Waals surface area (Å²) in [6.07, 6.45) is 3.20. The summed E-state index contributed by atoms with van der Waals surface area (Å²) in [4.78, 5) is 28.0. The maximum atomic E-state index is 13.4. The fourth-order valence-electron chi connectivity index (χ4n) is 4.45. The van der Waals surface area contributed by atoms with Gasteiger partial charge in [0.05, 0.1) is 18.4 Å². The number of ether oxygens (including phenoxy) is 2. The van der Waals surface area contributed by atoms with E-state index in [0.29, 0.717) is 23.7 Å². The number of anilines is 1. The van der Waals surface area contributed by atoms with Crippen molar-refractivity contribution in [3.63, 3.8) is 0 Å². The zero-order chi connectivity index (χ0) is 27.2. The Hall–Kier alpha value is -4.36. The Balaban J connectivity index is 1.53. The van der Waals surface area contributed by atoms with Crippen LogP contribution < -0.4 is 14.4 Å². The number of amides is 1. The largest absolute Gasteiger partial charge is 0.497 e. The second kappa shape index (κ2) is 12.0. The van der Waals surface area contributed by atoms with Crippen LogP contribution in [0.5, 0.6) is 11.5 Å². The maximum Gasteiger partial charge on any atom is 0.287 e. The molecule has 0 aromatic heterocycles. The number of nitrogens with zero attached hydrogens (tertiary/aromatic N) is 1. The van der Waals surface area contributed by atoms with E-state index in [1.165, 1.54) is 30.3 Å². The molecular weight excluding hydrogens is 513 g/mol. The van der Waals surface area contributed by atoms with E-state index in [2.05, 4.69) is 0 Å². The summed E-state index contributed by atoms with van der Waals surface area (Å²) < 4.78 is 25.1. The lowest BCUT2D eigenvalue weighted by Gasteiger charge is -2.28. The molecule has 1 fully saturated rings. The highest BCUT2D eigenvalue weighted by atomic mass is 32.2. The summed E-state index contributed by atoms with van der Waals surface area (Å²) in [6.45, 7) is 0.337. The molecule has 0 radical (unpaired) electrons. The highest BCUT2D eigenvalue weighted by molar-refractivity contribution is 8.15. The van der Waals surface area contributed by atoms with Crippen molar-refractivity contribution in [1.82, 2.24) is 0 Å². The first-order valence-corrected chi connectivity index (χ1v) is 13.3. The van der Waals surface area contributed by atoms with Gasteiger partial charge in [-0.15, -0.1) is 0 Å². The van der Waals surface area contributed by atoms with E-state index in [4.69, 9.17) is 9.47 Å². The molecule has 4 aromatic carbocycles. The number of carbonyl (C=O) groups is 2. The predicted octanol–water partition coefficient (Wildman–Crippen LogP) is 7.64. The molecule has 0 bridgehead atoms. The van der Waals surface area contributed by atoms with Crippen molar-refractivity contribution in [2.45, 2.75) is 17.9 Å². The van der Waals surface area contributed by atoms with Gasteiger partial charge in [-0.1, -0.05) is 66.4 Å². The average Bonchev–Trinajstić information content (AvgIpc) is 3.31. The number of methoxy groups -OCH3 is 1. The van der Waals surface area contributed by atoms with Crippen molar-refractivity contribution >= 4 is 28.5 Å². The fraction of sp³-hybridized carbons (Fsp3) is 0.125. The van der Waals surface area contributed by atoms with Gasteiger partial charge in [-0.25, -0.2) is 4.39 Å². The number of rotatable bonds is 9. The van der Waals surface area contributed by atoms with Crippen LogP contribution in [-0.2, 0) is 6.61 Å². The Morgan fingerprint density at radius 1 is 0.949 bits per heavy atom. The van der Waals surface area contributed by atoms with E-state index in [9.17, 15) is 14.0 Å². The van der Waals surface area contributed by atoms with E-state index < -0.39 is 17.1 Å². The third kappa shape index (κ3) is 6.04. The summed E-state index contributed by atoms with van der Waals surface area (Å²) in [7, 11) is 1.59. The number of allylic oxidation sites excluding steroid dienone is 1. The molecule has 2 atom stereocenters. The van der Waals surface area contributed by atoms with Crippen molar-refractivity contribution < 1.29 is 23.5 Å². The topological polar surface area (TPSA) is 55.8 Å². The van der Waals surface area contributed by atoms with Crippen molar-refractivity contribution in [3.05, 3.63) is 138 Å². The molecule has 1 saturated heterocycles. The monoisotopic (exact) mass is 539 g/mol. The molecule has 0 spiro atoms. The molecule has 4 aromatic rings. The second-order valence-corrected chi connectivity index (χ2v) is 10.0. The minimum Gasteiger partial charge on any atom is -0.497 e. The molecular formula is C32H26FNO4S. The zero-order valence-electron chi connectivity index (χ0n) is 21.2. The highest BCUT2D eigenvalue weighted by Crippen LogP contribution is 2.48. The molecule has 0 aliphatic carbocycles. The van der Waals surface area contributed by atoms with Crippen LogP contribution in [0.15, 0.2) is 115 Å². The normalized spacial score (nSPS) is 17.0. The fourth-order valence-corrected chi connectivity index (χ4v) is 5.57. The van der Waals surface area contributed by atoms with E-state index in [1.54, 1.807) is 18.1 Å². The van der Waals surface area contributed by atoms with Gasteiger partial charge in [-0.3, -0.25) is 14.5 Å². The van der Waals surface area contributed by atoms with Crippen LogP contribution in [0.25, 0.3) is 0 Å². The van der Waals surface area contributed by atoms with E-state index >= 15 is 0 Å². The standard InChI is InChI=1S/C32H26FNO4S/c1-37-26-16-17-27(29(20-26)38-21-22-8-4-2-5-9-22)31-30(19-18-28(35)23-12-14-24(33)15-13-23)39-32(36)34(31)25-10-6-3-7-11-25/h2-20,30-31H,21H2,1H3/b19-18+/t30-,31-/m1/s1. The number of benzene rings is 4. The third-order valence-corrected chi connectivity index (χ3v) is 7.49. The number of hydrogen-bond donors (Lipinski definition) is 0. The van der Waals surface area contributed by atoms with Gasteiger partial charge >= 0.3 is 0 Å². The Labute approximate surface area is 230 Å². The summed E-state index contributed by atoms with van der Waals surface area (Å²) in [6, 6.07) is 29.7. The Morgan fingerprint density at radius 3 is 2.33 bits per heavy atom. The maximum absolute atomic E-state index is 13.4. The SMILES string of the molecule is COc1ccc([C@@H]2[C@@H](/C=C/C(=O)c3ccc(F)cc3)SC(=O)N2c2ccccc2)c(OCc2ccccc2)c1. The minimum atomic E-state index is -0.459. The number of carbonyl (C=O) groups excluding carboxylic acids is 2. The summed E-state index contributed by atoms with van der Waals surface area (Å²) in [5.41, 5.74) is 2.91. The quantitative estimate of drug-likeness (QED) is 0.162. The summed E-state index contributed by atoms with van der Waals surface area (Å²) in [5.74, 6) is 0.537. The van der Waals surface area contributed by atoms with Gasteiger partial charge in [0.25, 0.3) is 5.24 Å². The van der Waals surface area contributed by atoms with Crippen LogP contribution in [-0.4, -0.2) is 23.4 Å². The molecule has 39 heavy (non-hydrogen) atoms. The van der Waals surface area contributed by atoms with Gasteiger partial charge in [-0.05, 0) is 60.2 Å². The van der Waals surface area contributed by atoms with Gasteiger partial charge in [-0.2, -0.15) is 0 Å². The molecule has 1 amide bonds. The lowest BCUT2D eigenvalue weighted by molar-refractivity contribution is 0.104. The Morgan fingerprint density at radius 2 is 1.64 bits per heavy atom. The van der Waals surface area contributed by atoms with Crippen LogP contribution in [0.3, 0.4) is 0 Å². The zero-order valence-corrected chi connectivity index (χ0v) is 22.0. The van der Waals surface area contributed by atoms with Crippen molar-refractivity contribution in [3.8, 4) is 11.5 Å². The third-order valence-electron chi connectivity index (χ3n) is 6.40. The Kier molecular flexibility index (Phi) is 8.08. The first kappa shape index (κ1) is 26.3. The molecule has 5 nitrogen and oxygen atoms in total. The predicted molar refractivity (Wildman–Crippen MR) is 152 cm³/mol. The molecule has 196 valence electrons. The van der Waals surface area contributed by atoms with E-state index in [1.807, 2.05) is 78.9 Å². The average molecular weight is 540 g/mol. The van der Waals surface area contributed by atoms with Gasteiger partial charge in [0.1, 0.15) is 23.9 Å². The van der Waals surface area contributed by atoms with E-state index in [-0.39, 0.29) is 11.0 Å². The van der Waals surface area contributed by atoms with Crippen molar-refractivity contribution in [1.29, 1.82) is 0 Å².